The first kappa shape index (κ1) is 15.7. The third kappa shape index (κ3) is 3.14. The van der Waals surface area contributed by atoms with E-state index in [1.807, 2.05) is 45.2 Å². The zero-order chi connectivity index (χ0) is 15.6. The van der Waals surface area contributed by atoms with Gasteiger partial charge in [0, 0.05) is 28.9 Å². The molecule has 0 saturated carbocycles. The molecule has 0 aliphatic rings. The average molecular weight is 323 g/mol. The van der Waals surface area contributed by atoms with Crippen molar-refractivity contribution in [3.8, 4) is 10.6 Å². The fourth-order valence-corrected chi connectivity index (χ4v) is 3.47. The Kier molecular flexibility index (Phi) is 4.43. The standard InChI is InChI=1S/C12H11N3O2S2.C2H6/c1-7-6-13-10-4-3-8(5-9(7)10)11-14-15-12(18-11)19(2,16)17;1-2/h3-6,13H,1-2H3;1-2H3. The molecular formula is C14H17N3O2S2. The number of aromatic amines is 1. The van der Waals surface area contributed by atoms with Crippen LogP contribution in [0.15, 0.2) is 28.7 Å². The maximum atomic E-state index is 11.4. The third-order valence-corrected chi connectivity index (χ3v) is 5.50. The predicted octanol–water partition coefficient (Wildman–Crippen LogP) is 3.42. The highest BCUT2D eigenvalue weighted by Crippen LogP contribution is 2.29. The number of H-pyrrole nitrogens is 1. The van der Waals surface area contributed by atoms with E-state index in [0.717, 1.165) is 39.6 Å². The number of sulfone groups is 1. The molecule has 2 heterocycles. The third-order valence-electron chi connectivity index (χ3n) is 2.86. The van der Waals surface area contributed by atoms with Gasteiger partial charge in [0.05, 0.1) is 0 Å². The highest BCUT2D eigenvalue weighted by atomic mass is 32.2. The molecule has 0 spiro atoms. The smallest absolute Gasteiger partial charge is 0.232 e. The first-order valence-electron chi connectivity index (χ1n) is 6.57. The molecule has 0 aliphatic heterocycles. The Hall–Kier alpha value is -1.73. The molecule has 2 aromatic heterocycles. The SMILES string of the molecule is CC.Cc1c[nH]c2ccc(-c3nnc(S(C)(=O)=O)s3)cc12. The van der Waals surface area contributed by atoms with Gasteiger partial charge in [0.15, 0.2) is 0 Å². The van der Waals surface area contributed by atoms with Gasteiger partial charge in [-0.15, -0.1) is 10.2 Å². The number of fused-ring (bicyclic) bond motifs is 1. The number of hydrogen-bond acceptors (Lipinski definition) is 5. The number of rotatable bonds is 2. The second-order valence-corrected chi connectivity index (χ2v) is 7.54. The van der Waals surface area contributed by atoms with Crippen molar-refractivity contribution in [2.24, 2.45) is 0 Å². The van der Waals surface area contributed by atoms with E-state index in [9.17, 15) is 8.42 Å². The Morgan fingerprint density at radius 1 is 1.19 bits per heavy atom. The molecular weight excluding hydrogens is 306 g/mol. The zero-order valence-corrected chi connectivity index (χ0v) is 14.0. The Bertz CT molecular complexity index is 863. The summed E-state index contributed by atoms with van der Waals surface area (Å²) in [6, 6.07) is 5.86. The van der Waals surface area contributed by atoms with E-state index in [4.69, 9.17) is 0 Å². The lowest BCUT2D eigenvalue weighted by molar-refractivity contribution is 0.600. The minimum atomic E-state index is -3.29. The van der Waals surface area contributed by atoms with Gasteiger partial charge in [0.1, 0.15) is 5.01 Å². The molecule has 21 heavy (non-hydrogen) atoms. The minimum Gasteiger partial charge on any atom is -0.361 e. The predicted molar refractivity (Wildman–Crippen MR) is 86.4 cm³/mol. The largest absolute Gasteiger partial charge is 0.361 e. The summed E-state index contributed by atoms with van der Waals surface area (Å²) in [6.45, 7) is 6.02. The van der Waals surface area contributed by atoms with Crippen LogP contribution in [0.4, 0.5) is 0 Å². The number of aromatic nitrogens is 3. The Labute approximate surface area is 128 Å². The summed E-state index contributed by atoms with van der Waals surface area (Å²) in [5.41, 5.74) is 3.07. The van der Waals surface area contributed by atoms with Crippen LogP contribution in [0.5, 0.6) is 0 Å². The van der Waals surface area contributed by atoms with Crippen LogP contribution in [-0.2, 0) is 9.84 Å². The van der Waals surface area contributed by atoms with Gasteiger partial charge >= 0.3 is 0 Å². The normalized spacial score (nSPS) is 11.2. The molecule has 7 heteroatoms. The van der Waals surface area contributed by atoms with Crippen LogP contribution in [0.3, 0.4) is 0 Å². The van der Waals surface area contributed by atoms with E-state index in [-0.39, 0.29) is 4.34 Å². The van der Waals surface area contributed by atoms with Crippen LogP contribution < -0.4 is 0 Å². The molecule has 112 valence electrons. The second kappa shape index (κ2) is 5.95. The van der Waals surface area contributed by atoms with Crippen LogP contribution in [0, 0.1) is 6.92 Å². The van der Waals surface area contributed by atoms with E-state index >= 15 is 0 Å². The lowest BCUT2D eigenvalue weighted by atomic mass is 10.1. The first-order chi connectivity index (χ1) is 9.95. The molecule has 0 atom stereocenters. The molecule has 0 amide bonds. The Morgan fingerprint density at radius 3 is 2.52 bits per heavy atom. The molecule has 0 bridgehead atoms. The molecule has 0 radical (unpaired) electrons. The molecule has 5 nitrogen and oxygen atoms in total. The van der Waals surface area contributed by atoms with Crippen LogP contribution >= 0.6 is 11.3 Å². The van der Waals surface area contributed by atoms with Gasteiger partial charge in [-0.2, -0.15) is 0 Å². The van der Waals surface area contributed by atoms with Crippen molar-refractivity contribution >= 4 is 32.1 Å². The van der Waals surface area contributed by atoms with Crippen LogP contribution in [0.25, 0.3) is 21.5 Å². The molecule has 0 aliphatic carbocycles. The highest BCUT2D eigenvalue weighted by molar-refractivity contribution is 7.92. The Morgan fingerprint density at radius 2 is 1.90 bits per heavy atom. The second-order valence-electron chi connectivity index (χ2n) is 4.38. The van der Waals surface area contributed by atoms with Gasteiger partial charge in [-0.3, -0.25) is 0 Å². The van der Waals surface area contributed by atoms with E-state index in [0.29, 0.717) is 5.01 Å². The van der Waals surface area contributed by atoms with Crippen molar-refractivity contribution in [2.45, 2.75) is 25.1 Å². The van der Waals surface area contributed by atoms with Gasteiger partial charge in [0.2, 0.25) is 14.2 Å². The van der Waals surface area contributed by atoms with Crippen molar-refractivity contribution in [3.63, 3.8) is 0 Å². The van der Waals surface area contributed by atoms with Gasteiger partial charge in [-0.05, 0) is 30.7 Å². The number of benzene rings is 1. The quantitative estimate of drug-likeness (QED) is 0.784. The molecule has 1 N–H and O–H groups in total. The van der Waals surface area contributed by atoms with Gasteiger partial charge in [-0.1, -0.05) is 25.2 Å². The molecule has 0 saturated heterocycles. The number of aryl methyl sites for hydroxylation is 1. The van der Waals surface area contributed by atoms with E-state index in [1.54, 1.807) is 0 Å². The average Bonchev–Trinajstić information content (AvgIpc) is 3.08. The lowest BCUT2D eigenvalue weighted by Gasteiger charge is -1.96. The first-order valence-corrected chi connectivity index (χ1v) is 9.27. The van der Waals surface area contributed by atoms with Gasteiger partial charge in [0.25, 0.3) is 0 Å². The monoisotopic (exact) mass is 323 g/mol. The van der Waals surface area contributed by atoms with Crippen LogP contribution in [-0.4, -0.2) is 29.9 Å². The van der Waals surface area contributed by atoms with Crippen molar-refractivity contribution in [2.75, 3.05) is 6.26 Å². The van der Waals surface area contributed by atoms with E-state index < -0.39 is 9.84 Å². The van der Waals surface area contributed by atoms with Crippen molar-refractivity contribution in [1.29, 1.82) is 0 Å². The van der Waals surface area contributed by atoms with Crippen molar-refractivity contribution < 1.29 is 8.42 Å². The number of nitrogens with one attached hydrogen (secondary N) is 1. The van der Waals surface area contributed by atoms with E-state index in [1.165, 1.54) is 0 Å². The van der Waals surface area contributed by atoms with Gasteiger partial charge < -0.3 is 4.98 Å². The molecule has 0 fully saturated rings. The lowest BCUT2D eigenvalue weighted by Crippen LogP contribution is -1.95. The molecule has 3 aromatic rings. The van der Waals surface area contributed by atoms with Gasteiger partial charge in [-0.25, -0.2) is 8.42 Å². The van der Waals surface area contributed by atoms with Crippen LogP contribution in [0.1, 0.15) is 19.4 Å². The summed E-state index contributed by atoms with van der Waals surface area (Å²) < 4.78 is 22.9. The highest BCUT2D eigenvalue weighted by Gasteiger charge is 2.15. The van der Waals surface area contributed by atoms with E-state index in [2.05, 4.69) is 15.2 Å². The van der Waals surface area contributed by atoms with Crippen LogP contribution in [0.2, 0.25) is 0 Å². The van der Waals surface area contributed by atoms with Crippen molar-refractivity contribution in [3.05, 3.63) is 30.0 Å². The maximum absolute atomic E-state index is 11.4. The fourth-order valence-electron chi connectivity index (χ4n) is 1.87. The fraction of sp³-hybridized carbons (Fsp3) is 0.286. The molecule has 1 aromatic carbocycles. The topological polar surface area (TPSA) is 75.7 Å². The molecule has 0 unspecified atom stereocenters. The number of hydrogen-bond donors (Lipinski definition) is 1. The maximum Gasteiger partial charge on any atom is 0.232 e. The Balaban J connectivity index is 0.000000774. The summed E-state index contributed by atoms with van der Waals surface area (Å²) in [5, 5.41) is 9.40. The minimum absolute atomic E-state index is 0.0494. The summed E-state index contributed by atoms with van der Waals surface area (Å²) in [4.78, 5) is 3.17. The summed E-state index contributed by atoms with van der Waals surface area (Å²) >= 11 is 1.09. The zero-order valence-electron chi connectivity index (χ0n) is 12.3. The number of nitrogens with zero attached hydrogens (tertiary/aromatic N) is 2. The van der Waals surface area contributed by atoms with Crippen molar-refractivity contribution in [1.82, 2.24) is 15.2 Å². The summed E-state index contributed by atoms with van der Waals surface area (Å²) in [6.07, 6.45) is 3.08. The molecule has 3 rings (SSSR count). The summed E-state index contributed by atoms with van der Waals surface area (Å²) in [5.74, 6) is 0. The summed E-state index contributed by atoms with van der Waals surface area (Å²) in [7, 11) is -3.29.